The van der Waals surface area contributed by atoms with Crippen LogP contribution in [0.3, 0.4) is 0 Å². The number of rotatable bonds is 6. The lowest BCUT2D eigenvalue weighted by molar-refractivity contribution is 0.102. The summed E-state index contributed by atoms with van der Waals surface area (Å²) in [7, 11) is -3.99. The lowest BCUT2D eigenvalue weighted by atomic mass is 10.1. The fourth-order valence-corrected chi connectivity index (χ4v) is 3.65. The molecule has 29 heavy (non-hydrogen) atoms. The van der Waals surface area contributed by atoms with Gasteiger partial charge in [-0.25, -0.2) is 17.9 Å². The second-order valence-corrected chi connectivity index (χ2v) is 8.06. The number of nitrogens with zero attached hydrogens (tertiary/aromatic N) is 1. The first-order valence-corrected chi connectivity index (χ1v) is 10.7. The molecule has 2 aromatic rings. The number of carbonyl (C=O) groups is 1. The number of halogens is 1. The first-order valence-electron chi connectivity index (χ1n) is 9.14. The highest BCUT2D eigenvalue weighted by atomic mass is 32.2. The second kappa shape index (κ2) is 8.76. The predicted octanol–water partition coefficient (Wildman–Crippen LogP) is 1.99. The molecule has 1 fully saturated rings. The quantitative estimate of drug-likeness (QED) is 0.656. The third kappa shape index (κ3) is 5.03. The minimum Gasteiger partial charge on any atom is -0.384 e. The Kier molecular flexibility index (Phi) is 6.36. The molecule has 2 aromatic carbocycles. The van der Waals surface area contributed by atoms with E-state index in [4.69, 9.17) is 9.88 Å². The van der Waals surface area contributed by atoms with E-state index in [-0.39, 0.29) is 10.5 Å². The lowest BCUT2D eigenvalue weighted by Gasteiger charge is -2.30. The smallest absolute Gasteiger partial charge is 0.257 e. The Morgan fingerprint density at radius 1 is 1.17 bits per heavy atom. The van der Waals surface area contributed by atoms with Crippen molar-refractivity contribution in [3.05, 3.63) is 47.8 Å². The molecule has 1 amide bonds. The number of hydrogen-bond donors (Lipinski definition) is 3. The first-order chi connectivity index (χ1) is 13.8. The fraction of sp³-hybridized carbons (Fsp3) is 0.316. The number of carbonyl (C=O) groups excluding carboxylic acids is 1. The number of primary sulfonamides is 1. The standard InChI is InChI=1S/C19H23FN4O4S/c1-2-22-17-11-13(20)3-5-16(17)23-19(25)15-12-14(29(21,26)27)4-6-18(15)24-7-9-28-10-8-24/h3-6,11-12,22H,2,7-10H2,1H3,(H,23,25)(H2,21,26,27). The van der Waals surface area contributed by atoms with Crippen molar-refractivity contribution in [3.8, 4) is 0 Å². The molecule has 0 unspecified atom stereocenters. The summed E-state index contributed by atoms with van der Waals surface area (Å²) in [6, 6.07) is 8.16. The molecule has 0 aliphatic carbocycles. The maximum atomic E-state index is 13.6. The molecule has 0 spiro atoms. The van der Waals surface area contributed by atoms with Gasteiger partial charge in [0.05, 0.1) is 35.0 Å². The summed E-state index contributed by atoms with van der Waals surface area (Å²) in [4.78, 5) is 14.9. The summed E-state index contributed by atoms with van der Waals surface area (Å²) in [6.07, 6.45) is 0. The predicted molar refractivity (Wildman–Crippen MR) is 109 cm³/mol. The van der Waals surface area contributed by atoms with Gasteiger partial charge in [-0.3, -0.25) is 4.79 Å². The molecule has 3 rings (SSSR count). The van der Waals surface area contributed by atoms with Gasteiger partial charge in [0.1, 0.15) is 5.82 Å². The van der Waals surface area contributed by atoms with Gasteiger partial charge in [0, 0.05) is 25.3 Å². The molecular weight excluding hydrogens is 399 g/mol. The van der Waals surface area contributed by atoms with E-state index in [0.717, 1.165) is 0 Å². The summed E-state index contributed by atoms with van der Waals surface area (Å²) in [6.45, 7) is 4.51. The third-order valence-electron chi connectivity index (χ3n) is 4.49. The van der Waals surface area contributed by atoms with Crippen LogP contribution in [0, 0.1) is 5.82 Å². The van der Waals surface area contributed by atoms with Crippen LogP contribution in [0.25, 0.3) is 0 Å². The average Bonchev–Trinajstić information content (AvgIpc) is 2.69. The van der Waals surface area contributed by atoms with Gasteiger partial charge < -0.3 is 20.3 Å². The van der Waals surface area contributed by atoms with Crippen molar-refractivity contribution in [2.24, 2.45) is 5.14 Å². The highest BCUT2D eigenvalue weighted by Crippen LogP contribution is 2.28. The van der Waals surface area contributed by atoms with Crippen molar-refractivity contribution in [3.63, 3.8) is 0 Å². The normalized spacial score (nSPS) is 14.5. The average molecular weight is 422 g/mol. The second-order valence-electron chi connectivity index (χ2n) is 6.50. The van der Waals surface area contributed by atoms with Crippen molar-refractivity contribution < 1.29 is 22.3 Å². The van der Waals surface area contributed by atoms with Crippen LogP contribution >= 0.6 is 0 Å². The van der Waals surface area contributed by atoms with E-state index in [0.29, 0.717) is 49.9 Å². The van der Waals surface area contributed by atoms with Crippen molar-refractivity contribution >= 4 is 33.0 Å². The Bertz CT molecular complexity index is 1010. The Morgan fingerprint density at radius 2 is 1.90 bits per heavy atom. The van der Waals surface area contributed by atoms with Crippen LogP contribution in [0.2, 0.25) is 0 Å². The lowest BCUT2D eigenvalue weighted by Crippen LogP contribution is -2.37. The minimum atomic E-state index is -3.99. The Hall–Kier alpha value is -2.69. The summed E-state index contributed by atoms with van der Waals surface area (Å²) in [5.74, 6) is -0.966. The molecule has 0 atom stereocenters. The number of hydrogen-bond acceptors (Lipinski definition) is 6. The van der Waals surface area contributed by atoms with Gasteiger partial charge in [-0.05, 0) is 43.3 Å². The molecule has 1 aliphatic rings. The Labute approximate surface area is 168 Å². The van der Waals surface area contributed by atoms with Gasteiger partial charge >= 0.3 is 0 Å². The van der Waals surface area contributed by atoms with Crippen molar-refractivity contribution in [1.29, 1.82) is 0 Å². The molecule has 156 valence electrons. The van der Waals surface area contributed by atoms with Gasteiger partial charge in [-0.1, -0.05) is 0 Å². The molecule has 1 aliphatic heterocycles. The van der Waals surface area contributed by atoms with Crippen LogP contribution in [-0.4, -0.2) is 47.2 Å². The maximum Gasteiger partial charge on any atom is 0.257 e. The molecule has 8 nitrogen and oxygen atoms in total. The van der Waals surface area contributed by atoms with Gasteiger partial charge in [0.2, 0.25) is 10.0 Å². The van der Waals surface area contributed by atoms with Gasteiger partial charge in [0.15, 0.2) is 0 Å². The fourth-order valence-electron chi connectivity index (χ4n) is 3.11. The summed E-state index contributed by atoms with van der Waals surface area (Å²) in [5.41, 5.74) is 1.54. The molecular formula is C19H23FN4O4S. The number of nitrogens with one attached hydrogen (secondary N) is 2. The minimum absolute atomic E-state index is 0.158. The highest BCUT2D eigenvalue weighted by Gasteiger charge is 2.22. The molecule has 0 aromatic heterocycles. The molecule has 10 heteroatoms. The molecule has 0 radical (unpaired) electrons. The Morgan fingerprint density at radius 3 is 2.55 bits per heavy atom. The van der Waals surface area contributed by atoms with E-state index in [2.05, 4.69) is 10.6 Å². The number of sulfonamides is 1. The number of nitrogens with two attached hydrogens (primary N) is 1. The van der Waals surface area contributed by atoms with Crippen molar-refractivity contribution in [2.75, 3.05) is 48.4 Å². The van der Waals surface area contributed by atoms with E-state index < -0.39 is 21.7 Å². The van der Waals surface area contributed by atoms with Gasteiger partial charge in [-0.2, -0.15) is 0 Å². The van der Waals surface area contributed by atoms with Crippen LogP contribution in [0.1, 0.15) is 17.3 Å². The number of amides is 1. The Balaban J connectivity index is 2.00. The zero-order valence-corrected chi connectivity index (χ0v) is 16.8. The summed E-state index contributed by atoms with van der Waals surface area (Å²) >= 11 is 0. The van der Waals surface area contributed by atoms with E-state index in [1.54, 1.807) is 6.07 Å². The van der Waals surface area contributed by atoms with E-state index in [9.17, 15) is 17.6 Å². The zero-order chi connectivity index (χ0) is 21.0. The van der Waals surface area contributed by atoms with Crippen LogP contribution < -0.4 is 20.7 Å². The zero-order valence-electron chi connectivity index (χ0n) is 15.9. The van der Waals surface area contributed by atoms with Crippen LogP contribution in [0.5, 0.6) is 0 Å². The molecule has 1 heterocycles. The van der Waals surface area contributed by atoms with Gasteiger partial charge in [0.25, 0.3) is 5.91 Å². The third-order valence-corrected chi connectivity index (χ3v) is 5.40. The van der Waals surface area contributed by atoms with Crippen LogP contribution in [0.15, 0.2) is 41.3 Å². The first kappa shape index (κ1) is 21.0. The number of ether oxygens (including phenoxy) is 1. The summed E-state index contributed by atoms with van der Waals surface area (Å²) < 4.78 is 42.5. The molecule has 0 bridgehead atoms. The number of benzene rings is 2. The van der Waals surface area contributed by atoms with E-state index in [1.807, 2.05) is 11.8 Å². The topological polar surface area (TPSA) is 114 Å². The number of anilines is 3. The summed E-state index contributed by atoms with van der Waals surface area (Å²) in [5, 5.41) is 11.0. The van der Waals surface area contributed by atoms with Crippen molar-refractivity contribution in [1.82, 2.24) is 0 Å². The van der Waals surface area contributed by atoms with Crippen molar-refractivity contribution in [2.45, 2.75) is 11.8 Å². The van der Waals surface area contributed by atoms with E-state index >= 15 is 0 Å². The van der Waals surface area contributed by atoms with E-state index in [1.165, 1.54) is 30.3 Å². The largest absolute Gasteiger partial charge is 0.384 e. The monoisotopic (exact) mass is 422 g/mol. The molecule has 4 N–H and O–H groups in total. The SMILES string of the molecule is CCNc1cc(F)ccc1NC(=O)c1cc(S(N)(=O)=O)ccc1N1CCOCC1. The van der Waals surface area contributed by atoms with Gasteiger partial charge in [-0.15, -0.1) is 0 Å². The maximum absolute atomic E-state index is 13.6. The molecule has 0 saturated carbocycles. The van der Waals surface area contributed by atoms with Crippen LogP contribution in [-0.2, 0) is 14.8 Å². The highest BCUT2D eigenvalue weighted by molar-refractivity contribution is 7.89. The molecule has 1 saturated heterocycles. The number of morpholine rings is 1. The van der Waals surface area contributed by atoms with Crippen LogP contribution in [0.4, 0.5) is 21.5 Å².